The molecule has 15 heavy (non-hydrogen) atoms. The van der Waals surface area contributed by atoms with Crippen LogP contribution in [0.5, 0.6) is 0 Å². The van der Waals surface area contributed by atoms with Crippen LogP contribution in [0, 0.1) is 0 Å². The predicted molar refractivity (Wildman–Crippen MR) is 59.5 cm³/mol. The number of aliphatic hydroxyl groups is 1. The number of aliphatic hydroxyl groups excluding tert-OH is 1. The number of anilines is 1. The highest BCUT2D eigenvalue weighted by molar-refractivity contribution is 5.35. The third kappa shape index (κ3) is 3.45. The molecule has 0 aromatic carbocycles. The van der Waals surface area contributed by atoms with E-state index in [0.29, 0.717) is 6.54 Å². The second kappa shape index (κ2) is 6.31. The third-order valence-electron chi connectivity index (χ3n) is 2.19. The molecule has 0 amide bonds. The molecule has 1 aromatic heterocycles. The van der Waals surface area contributed by atoms with Crippen LogP contribution in [0.25, 0.3) is 0 Å². The number of hydrogen-bond acceptors (Lipinski definition) is 5. The molecule has 1 heterocycles. The first-order chi connectivity index (χ1) is 7.31. The molecule has 0 atom stereocenters. The lowest BCUT2D eigenvalue weighted by molar-refractivity contribution is 0.289. The molecule has 0 aliphatic heterocycles. The molecule has 0 aliphatic rings. The fourth-order valence-corrected chi connectivity index (χ4v) is 1.31. The zero-order valence-electron chi connectivity index (χ0n) is 9.06. The summed E-state index contributed by atoms with van der Waals surface area (Å²) in [5.74, 6) is 0.836. The molecule has 3 N–H and O–H groups in total. The second-order valence-electron chi connectivity index (χ2n) is 3.23. The maximum atomic E-state index is 8.76. The van der Waals surface area contributed by atoms with Gasteiger partial charge in [-0.2, -0.15) is 0 Å². The van der Waals surface area contributed by atoms with Gasteiger partial charge in [0.1, 0.15) is 5.82 Å². The smallest absolute Gasteiger partial charge is 0.147 e. The van der Waals surface area contributed by atoms with Gasteiger partial charge in [0.25, 0.3) is 0 Å². The standard InChI is InChI=1S/C10H18N4O/c1-2-14(4-3-5-15)10-8-12-9(6-11)7-13-10/h7-8,15H,2-6,11H2,1H3. The van der Waals surface area contributed by atoms with Crippen LogP contribution in [0.1, 0.15) is 19.0 Å². The predicted octanol–water partition coefficient (Wildman–Crippen LogP) is 0.144. The molecule has 0 aliphatic carbocycles. The van der Waals surface area contributed by atoms with Gasteiger partial charge < -0.3 is 15.7 Å². The SMILES string of the molecule is CCN(CCCO)c1cnc(CN)cn1. The van der Waals surface area contributed by atoms with Crippen molar-refractivity contribution in [3.05, 3.63) is 18.1 Å². The highest BCUT2D eigenvalue weighted by Crippen LogP contribution is 2.08. The van der Waals surface area contributed by atoms with Crippen molar-refractivity contribution in [2.45, 2.75) is 19.9 Å². The Kier molecular flexibility index (Phi) is 5.00. The first-order valence-electron chi connectivity index (χ1n) is 5.18. The van der Waals surface area contributed by atoms with Crippen molar-refractivity contribution in [1.29, 1.82) is 0 Å². The third-order valence-corrected chi connectivity index (χ3v) is 2.19. The van der Waals surface area contributed by atoms with Crippen LogP contribution >= 0.6 is 0 Å². The molecular formula is C10H18N4O. The second-order valence-corrected chi connectivity index (χ2v) is 3.23. The number of hydrogen-bond donors (Lipinski definition) is 2. The van der Waals surface area contributed by atoms with E-state index >= 15 is 0 Å². The Balaban J connectivity index is 2.65. The first-order valence-corrected chi connectivity index (χ1v) is 5.18. The van der Waals surface area contributed by atoms with Gasteiger partial charge in [-0.15, -0.1) is 0 Å². The van der Waals surface area contributed by atoms with Crippen molar-refractivity contribution in [1.82, 2.24) is 9.97 Å². The lowest BCUT2D eigenvalue weighted by atomic mass is 10.4. The number of nitrogens with two attached hydrogens (primary N) is 1. The van der Waals surface area contributed by atoms with Gasteiger partial charge in [-0.25, -0.2) is 4.98 Å². The summed E-state index contributed by atoms with van der Waals surface area (Å²) < 4.78 is 0. The quantitative estimate of drug-likeness (QED) is 0.698. The van der Waals surface area contributed by atoms with E-state index in [1.807, 2.05) is 0 Å². The van der Waals surface area contributed by atoms with Crippen LogP contribution in [0.15, 0.2) is 12.4 Å². The molecule has 1 rings (SSSR count). The lowest BCUT2D eigenvalue weighted by Crippen LogP contribution is -2.25. The largest absolute Gasteiger partial charge is 0.396 e. The van der Waals surface area contributed by atoms with Gasteiger partial charge >= 0.3 is 0 Å². The molecule has 0 unspecified atom stereocenters. The summed E-state index contributed by atoms with van der Waals surface area (Å²) in [4.78, 5) is 10.5. The van der Waals surface area contributed by atoms with Gasteiger partial charge in [0.2, 0.25) is 0 Å². The van der Waals surface area contributed by atoms with Crippen LogP contribution in [0.4, 0.5) is 5.82 Å². The number of aromatic nitrogens is 2. The van der Waals surface area contributed by atoms with E-state index in [9.17, 15) is 0 Å². The van der Waals surface area contributed by atoms with Crippen molar-refractivity contribution in [2.24, 2.45) is 5.73 Å². The van der Waals surface area contributed by atoms with Gasteiger partial charge in [0, 0.05) is 26.2 Å². The average molecular weight is 210 g/mol. The summed E-state index contributed by atoms with van der Waals surface area (Å²) in [5.41, 5.74) is 6.23. The Hall–Kier alpha value is -1.20. The Morgan fingerprint density at radius 1 is 1.40 bits per heavy atom. The Bertz CT molecular complexity index is 275. The molecule has 0 fully saturated rings. The van der Waals surface area contributed by atoms with Crippen molar-refractivity contribution < 1.29 is 5.11 Å². The molecule has 5 heteroatoms. The molecule has 0 radical (unpaired) electrons. The van der Waals surface area contributed by atoms with Crippen molar-refractivity contribution in [3.63, 3.8) is 0 Å². The minimum absolute atomic E-state index is 0.199. The molecule has 5 nitrogen and oxygen atoms in total. The summed E-state index contributed by atoms with van der Waals surface area (Å²) in [6.45, 7) is 4.32. The van der Waals surface area contributed by atoms with Crippen molar-refractivity contribution >= 4 is 5.82 Å². The number of nitrogens with zero attached hydrogens (tertiary/aromatic N) is 3. The highest BCUT2D eigenvalue weighted by Gasteiger charge is 2.05. The minimum atomic E-state index is 0.199. The fraction of sp³-hybridized carbons (Fsp3) is 0.600. The highest BCUT2D eigenvalue weighted by atomic mass is 16.3. The van der Waals surface area contributed by atoms with Crippen LogP contribution in [0.2, 0.25) is 0 Å². The summed E-state index contributed by atoms with van der Waals surface area (Å²) in [7, 11) is 0. The summed E-state index contributed by atoms with van der Waals surface area (Å²) in [5, 5.41) is 8.76. The topological polar surface area (TPSA) is 75.3 Å². The lowest BCUT2D eigenvalue weighted by Gasteiger charge is -2.20. The Morgan fingerprint density at radius 2 is 2.20 bits per heavy atom. The van der Waals surface area contributed by atoms with Crippen LogP contribution in [-0.4, -0.2) is 34.8 Å². The van der Waals surface area contributed by atoms with Gasteiger partial charge in [-0.05, 0) is 13.3 Å². The van der Waals surface area contributed by atoms with E-state index in [2.05, 4.69) is 21.8 Å². The maximum absolute atomic E-state index is 8.76. The van der Waals surface area contributed by atoms with E-state index in [-0.39, 0.29) is 6.61 Å². The van der Waals surface area contributed by atoms with E-state index in [0.717, 1.165) is 31.0 Å². The Morgan fingerprint density at radius 3 is 2.67 bits per heavy atom. The monoisotopic (exact) mass is 210 g/mol. The summed E-state index contributed by atoms with van der Waals surface area (Å²) >= 11 is 0. The van der Waals surface area contributed by atoms with Crippen LogP contribution in [0.3, 0.4) is 0 Å². The van der Waals surface area contributed by atoms with E-state index < -0.39 is 0 Å². The fourth-order valence-electron chi connectivity index (χ4n) is 1.31. The molecule has 0 bridgehead atoms. The number of rotatable bonds is 6. The zero-order chi connectivity index (χ0) is 11.1. The normalized spacial score (nSPS) is 10.3. The summed E-state index contributed by atoms with van der Waals surface area (Å²) in [6.07, 6.45) is 4.16. The average Bonchev–Trinajstić information content (AvgIpc) is 2.31. The van der Waals surface area contributed by atoms with Crippen molar-refractivity contribution in [2.75, 3.05) is 24.6 Å². The molecule has 84 valence electrons. The first kappa shape index (κ1) is 11.9. The van der Waals surface area contributed by atoms with Crippen LogP contribution < -0.4 is 10.6 Å². The maximum Gasteiger partial charge on any atom is 0.147 e. The summed E-state index contributed by atoms with van der Waals surface area (Å²) in [6, 6.07) is 0. The van der Waals surface area contributed by atoms with E-state index in [4.69, 9.17) is 10.8 Å². The van der Waals surface area contributed by atoms with Crippen LogP contribution in [-0.2, 0) is 6.54 Å². The van der Waals surface area contributed by atoms with Crippen molar-refractivity contribution in [3.8, 4) is 0 Å². The molecule has 0 saturated heterocycles. The van der Waals surface area contributed by atoms with E-state index in [1.54, 1.807) is 12.4 Å². The minimum Gasteiger partial charge on any atom is -0.396 e. The van der Waals surface area contributed by atoms with Gasteiger partial charge in [-0.3, -0.25) is 4.98 Å². The van der Waals surface area contributed by atoms with Gasteiger partial charge in [0.15, 0.2) is 0 Å². The Labute approximate surface area is 90.0 Å². The molecule has 0 spiro atoms. The van der Waals surface area contributed by atoms with Gasteiger partial charge in [0.05, 0.1) is 18.1 Å². The zero-order valence-corrected chi connectivity index (χ0v) is 9.06. The van der Waals surface area contributed by atoms with E-state index in [1.165, 1.54) is 0 Å². The van der Waals surface area contributed by atoms with Gasteiger partial charge in [-0.1, -0.05) is 0 Å². The molecular weight excluding hydrogens is 192 g/mol. The molecule has 0 saturated carbocycles. The molecule has 1 aromatic rings.